The summed E-state index contributed by atoms with van der Waals surface area (Å²) in [6.07, 6.45) is 0. The molecule has 35 heavy (non-hydrogen) atoms. The minimum Gasteiger partial charge on any atom is -0.494 e. The van der Waals surface area contributed by atoms with Gasteiger partial charge in [0, 0.05) is 17.2 Å². The number of carbonyl (C=O) groups is 1. The molecule has 0 radical (unpaired) electrons. The predicted octanol–water partition coefficient (Wildman–Crippen LogP) is 5.73. The van der Waals surface area contributed by atoms with Crippen molar-refractivity contribution in [3.63, 3.8) is 0 Å². The first kappa shape index (κ1) is 24.2. The molecule has 0 bridgehead atoms. The summed E-state index contributed by atoms with van der Waals surface area (Å²) < 4.78 is 11.2. The first-order valence-corrected chi connectivity index (χ1v) is 12.3. The van der Waals surface area contributed by atoms with Crippen molar-refractivity contribution in [1.82, 2.24) is 15.2 Å². The molecule has 178 valence electrons. The van der Waals surface area contributed by atoms with Gasteiger partial charge >= 0.3 is 0 Å². The van der Waals surface area contributed by atoms with E-state index >= 15 is 0 Å². The molecule has 1 heterocycles. The van der Waals surface area contributed by atoms with E-state index in [9.17, 15) is 4.79 Å². The molecular formula is C27H26N4O3S. The Morgan fingerprint density at radius 1 is 0.829 bits per heavy atom. The Hall–Kier alpha value is -3.91. The van der Waals surface area contributed by atoms with E-state index in [4.69, 9.17) is 14.5 Å². The predicted molar refractivity (Wildman–Crippen MR) is 139 cm³/mol. The zero-order valence-electron chi connectivity index (χ0n) is 19.6. The first-order valence-electron chi connectivity index (χ1n) is 11.4. The van der Waals surface area contributed by atoms with Crippen molar-refractivity contribution in [2.45, 2.75) is 19.0 Å². The number of amides is 1. The molecule has 4 rings (SSSR count). The van der Waals surface area contributed by atoms with Crippen molar-refractivity contribution < 1.29 is 14.3 Å². The third-order valence-corrected chi connectivity index (χ3v) is 5.77. The zero-order valence-corrected chi connectivity index (χ0v) is 20.4. The lowest BCUT2D eigenvalue weighted by Crippen LogP contribution is -2.15. The van der Waals surface area contributed by atoms with Crippen LogP contribution in [0.15, 0.2) is 84.0 Å². The molecule has 0 saturated heterocycles. The lowest BCUT2D eigenvalue weighted by molar-refractivity contribution is -0.113. The van der Waals surface area contributed by atoms with Crippen molar-refractivity contribution in [1.29, 1.82) is 0 Å². The molecule has 0 aliphatic heterocycles. The first-order chi connectivity index (χ1) is 17.2. The van der Waals surface area contributed by atoms with Gasteiger partial charge in [-0.1, -0.05) is 72.4 Å². The summed E-state index contributed by atoms with van der Waals surface area (Å²) in [4.78, 5) is 17.5. The van der Waals surface area contributed by atoms with E-state index in [-0.39, 0.29) is 11.7 Å². The molecule has 8 heteroatoms. The van der Waals surface area contributed by atoms with Gasteiger partial charge in [-0.25, -0.2) is 4.98 Å². The van der Waals surface area contributed by atoms with Gasteiger partial charge in [0.25, 0.3) is 0 Å². The van der Waals surface area contributed by atoms with Crippen LogP contribution in [0.1, 0.15) is 13.8 Å². The lowest BCUT2D eigenvalue weighted by Gasteiger charge is -2.13. The molecule has 0 saturated carbocycles. The summed E-state index contributed by atoms with van der Waals surface area (Å²) in [5.41, 5.74) is 3.84. The van der Waals surface area contributed by atoms with Gasteiger partial charge in [-0.15, -0.1) is 10.2 Å². The number of hydrogen-bond acceptors (Lipinski definition) is 7. The van der Waals surface area contributed by atoms with Crippen molar-refractivity contribution >= 4 is 23.4 Å². The smallest absolute Gasteiger partial charge is 0.234 e. The van der Waals surface area contributed by atoms with Crippen molar-refractivity contribution in [2.24, 2.45) is 0 Å². The summed E-state index contributed by atoms with van der Waals surface area (Å²) in [5.74, 6) is 1.16. The maximum absolute atomic E-state index is 12.8. The molecule has 0 aliphatic rings. The van der Waals surface area contributed by atoms with Gasteiger partial charge in [0.1, 0.15) is 22.9 Å². The SMILES string of the molecule is CCOc1ccc(OCC)c(NC(=O)CSc2nnc(-c3ccccc3)c(-c3ccccc3)n2)c1. The maximum atomic E-state index is 12.8. The number of ether oxygens (including phenoxy) is 2. The van der Waals surface area contributed by atoms with Gasteiger partial charge in [-0.05, 0) is 26.0 Å². The normalized spacial score (nSPS) is 10.6. The number of anilines is 1. The van der Waals surface area contributed by atoms with E-state index in [0.29, 0.717) is 41.3 Å². The summed E-state index contributed by atoms with van der Waals surface area (Å²) >= 11 is 1.23. The van der Waals surface area contributed by atoms with E-state index in [0.717, 1.165) is 16.8 Å². The van der Waals surface area contributed by atoms with Gasteiger partial charge in [0.2, 0.25) is 11.1 Å². The monoisotopic (exact) mass is 486 g/mol. The number of hydrogen-bond donors (Lipinski definition) is 1. The second-order valence-electron chi connectivity index (χ2n) is 7.38. The molecular weight excluding hydrogens is 460 g/mol. The van der Waals surface area contributed by atoms with Crippen LogP contribution in [-0.4, -0.2) is 40.1 Å². The third-order valence-electron chi connectivity index (χ3n) is 4.93. The van der Waals surface area contributed by atoms with Crippen LogP contribution in [0.4, 0.5) is 5.69 Å². The van der Waals surface area contributed by atoms with Gasteiger partial charge in [-0.2, -0.15) is 0 Å². The molecule has 1 N–H and O–H groups in total. The molecule has 3 aromatic carbocycles. The Labute approximate surface area is 208 Å². The standard InChI is InChI=1S/C27H26N4O3S/c1-3-33-21-15-16-23(34-4-2)22(17-21)28-24(32)18-35-27-29-25(19-11-7-5-8-12-19)26(30-31-27)20-13-9-6-10-14-20/h5-17H,3-4,18H2,1-2H3,(H,28,32). The average molecular weight is 487 g/mol. The highest BCUT2D eigenvalue weighted by Gasteiger charge is 2.15. The van der Waals surface area contributed by atoms with Crippen LogP contribution in [0.5, 0.6) is 11.5 Å². The number of nitrogens with zero attached hydrogens (tertiary/aromatic N) is 3. The summed E-state index contributed by atoms with van der Waals surface area (Å²) in [5, 5.41) is 12.1. The van der Waals surface area contributed by atoms with Crippen LogP contribution in [0.2, 0.25) is 0 Å². The van der Waals surface area contributed by atoms with E-state index < -0.39 is 0 Å². The van der Waals surface area contributed by atoms with E-state index in [1.54, 1.807) is 12.1 Å². The van der Waals surface area contributed by atoms with Gasteiger partial charge in [0.05, 0.1) is 24.7 Å². The number of benzene rings is 3. The highest BCUT2D eigenvalue weighted by molar-refractivity contribution is 7.99. The zero-order chi connectivity index (χ0) is 24.5. The Kier molecular flexibility index (Phi) is 8.30. The highest BCUT2D eigenvalue weighted by atomic mass is 32.2. The van der Waals surface area contributed by atoms with Crippen molar-refractivity contribution in [3.05, 3.63) is 78.9 Å². The molecule has 0 aliphatic carbocycles. The van der Waals surface area contributed by atoms with Crippen LogP contribution < -0.4 is 14.8 Å². The highest BCUT2D eigenvalue weighted by Crippen LogP contribution is 2.31. The second kappa shape index (κ2) is 12.0. The molecule has 0 fully saturated rings. The molecule has 0 spiro atoms. The van der Waals surface area contributed by atoms with E-state index in [1.165, 1.54) is 11.8 Å². The summed E-state index contributed by atoms with van der Waals surface area (Å²) in [7, 11) is 0. The van der Waals surface area contributed by atoms with Gasteiger partial charge in [0.15, 0.2) is 0 Å². The summed E-state index contributed by atoms with van der Waals surface area (Å²) in [6, 6.07) is 25.0. The largest absolute Gasteiger partial charge is 0.494 e. The fourth-order valence-corrected chi connectivity index (χ4v) is 4.01. The van der Waals surface area contributed by atoms with Crippen LogP contribution in [-0.2, 0) is 4.79 Å². The average Bonchev–Trinajstić information content (AvgIpc) is 2.90. The Morgan fingerprint density at radius 2 is 1.49 bits per heavy atom. The second-order valence-corrected chi connectivity index (χ2v) is 8.33. The molecule has 7 nitrogen and oxygen atoms in total. The number of rotatable bonds is 10. The fraction of sp³-hybridized carbons (Fsp3) is 0.185. The van der Waals surface area contributed by atoms with E-state index in [1.807, 2.05) is 80.6 Å². The van der Waals surface area contributed by atoms with Crippen molar-refractivity contribution in [2.75, 3.05) is 24.3 Å². The molecule has 4 aromatic rings. The van der Waals surface area contributed by atoms with Crippen LogP contribution in [0, 0.1) is 0 Å². The minimum absolute atomic E-state index is 0.116. The lowest BCUT2D eigenvalue weighted by atomic mass is 10.0. The Balaban J connectivity index is 1.52. The van der Waals surface area contributed by atoms with Crippen LogP contribution >= 0.6 is 11.8 Å². The van der Waals surface area contributed by atoms with Gasteiger partial charge < -0.3 is 14.8 Å². The van der Waals surface area contributed by atoms with Crippen LogP contribution in [0.3, 0.4) is 0 Å². The third kappa shape index (κ3) is 6.36. The minimum atomic E-state index is -0.207. The summed E-state index contributed by atoms with van der Waals surface area (Å²) in [6.45, 7) is 4.82. The number of nitrogens with one attached hydrogen (secondary N) is 1. The molecule has 0 unspecified atom stereocenters. The molecule has 0 atom stereocenters. The number of carbonyl (C=O) groups excluding carboxylic acids is 1. The fourth-order valence-electron chi connectivity index (χ4n) is 3.42. The van der Waals surface area contributed by atoms with Gasteiger partial charge in [-0.3, -0.25) is 4.79 Å². The molecule has 1 amide bonds. The quantitative estimate of drug-likeness (QED) is 0.286. The van der Waals surface area contributed by atoms with E-state index in [2.05, 4.69) is 15.5 Å². The topological polar surface area (TPSA) is 86.2 Å². The number of thioether (sulfide) groups is 1. The number of aromatic nitrogens is 3. The van der Waals surface area contributed by atoms with Crippen molar-refractivity contribution in [3.8, 4) is 34.0 Å². The maximum Gasteiger partial charge on any atom is 0.234 e. The Morgan fingerprint density at radius 3 is 2.14 bits per heavy atom. The molecule has 1 aromatic heterocycles. The van der Waals surface area contributed by atoms with Crippen LogP contribution in [0.25, 0.3) is 22.5 Å². The Bertz CT molecular complexity index is 1270.